The van der Waals surface area contributed by atoms with E-state index in [0.29, 0.717) is 12.6 Å². The van der Waals surface area contributed by atoms with E-state index in [0.717, 1.165) is 18.8 Å². The molecule has 0 bridgehead atoms. The molecule has 1 atom stereocenters. The monoisotopic (exact) mass is 284 g/mol. The first-order valence-electron chi connectivity index (χ1n) is 7.54. The second kappa shape index (κ2) is 5.28. The van der Waals surface area contributed by atoms with Gasteiger partial charge < -0.3 is 5.73 Å². The highest BCUT2D eigenvalue weighted by Crippen LogP contribution is 2.36. The molecule has 0 spiro atoms. The van der Waals surface area contributed by atoms with Crippen LogP contribution in [0.5, 0.6) is 0 Å². The quantitative estimate of drug-likeness (QED) is 0.941. The molecular weight excluding hydrogens is 260 g/mol. The lowest BCUT2D eigenvalue weighted by molar-refractivity contribution is 0.210. The highest BCUT2D eigenvalue weighted by molar-refractivity contribution is 5.40. The van der Waals surface area contributed by atoms with Gasteiger partial charge in [0.1, 0.15) is 0 Å². The number of hydrogen-bond donors (Lipinski definition) is 1. The van der Waals surface area contributed by atoms with Gasteiger partial charge in [-0.3, -0.25) is 9.58 Å². The van der Waals surface area contributed by atoms with Gasteiger partial charge in [-0.25, -0.2) is 0 Å². The Labute approximate surface area is 126 Å². The largest absolute Gasteiger partial charge is 0.329 e. The van der Waals surface area contributed by atoms with Gasteiger partial charge in [0.25, 0.3) is 0 Å². The molecule has 4 nitrogen and oxygen atoms in total. The van der Waals surface area contributed by atoms with Crippen molar-refractivity contribution in [3.8, 4) is 0 Å². The smallest absolute Gasteiger partial charge is 0.0641 e. The standard InChI is InChI=1S/C17H24N4/c1-11-6-5-7-14-15(11)9-21(17(14)8-18)10-16-12(2)19-20(4)13(16)3/h5-7,17H,8-10,18H2,1-4H3. The van der Waals surface area contributed by atoms with Gasteiger partial charge in [-0.05, 0) is 37.5 Å². The Morgan fingerprint density at radius 1 is 1.29 bits per heavy atom. The van der Waals surface area contributed by atoms with Crippen LogP contribution in [0.3, 0.4) is 0 Å². The molecule has 112 valence electrons. The molecular formula is C17H24N4. The predicted octanol–water partition coefficient (Wildman–Crippen LogP) is 2.36. The molecule has 2 heterocycles. The summed E-state index contributed by atoms with van der Waals surface area (Å²) in [6.45, 7) is 8.99. The summed E-state index contributed by atoms with van der Waals surface area (Å²) >= 11 is 0. The Balaban J connectivity index is 1.93. The molecule has 2 N–H and O–H groups in total. The maximum absolute atomic E-state index is 6.06. The van der Waals surface area contributed by atoms with Crippen molar-refractivity contribution in [1.82, 2.24) is 14.7 Å². The average molecular weight is 284 g/mol. The zero-order valence-corrected chi connectivity index (χ0v) is 13.3. The zero-order chi connectivity index (χ0) is 15.1. The third-order valence-electron chi connectivity index (χ3n) is 4.85. The Hall–Kier alpha value is -1.65. The molecule has 1 unspecified atom stereocenters. The van der Waals surface area contributed by atoms with Crippen LogP contribution in [0, 0.1) is 20.8 Å². The van der Waals surface area contributed by atoms with E-state index in [4.69, 9.17) is 5.73 Å². The molecule has 0 radical (unpaired) electrons. The Morgan fingerprint density at radius 3 is 2.67 bits per heavy atom. The predicted molar refractivity (Wildman–Crippen MR) is 84.9 cm³/mol. The molecule has 0 aliphatic carbocycles. The second-order valence-electron chi connectivity index (χ2n) is 6.07. The van der Waals surface area contributed by atoms with Crippen molar-refractivity contribution >= 4 is 0 Å². The average Bonchev–Trinajstić information content (AvgIpc) is 2.92. The SMILES string of the molecule is Cc1cccc2c1CN(Cc1c(C)nn(C)c1C)C2CN. The second-order valence-corrected chi connectivity index (χ2v) is 6.07. The molecule has 4 heteroatoms. The molecule has 0 fully saturated rings. The fourth-order valence-electron chi connectivity index (χ4n) is 3.45. The normalized spacial score (nSPS) is 18.2. The van der Waals surface area contributed by atoms with Crippen LogP contribution in [0.4, 0.5) is 0 Å². The maximum Gasteiger partial charge on any atom is 0.0641 e. The lowest BCUT2D eigenvalue weighted by Gasteiger charge is -2.24. The number of aryl methyl sites for hydroxylation is 3. The highest BCUT2D eigenvalue weighted by atomic mass is 15.3. The van der Waals surface area contributed by atoms with Gasteiger partial charge in [0.15, 0.2) is 0 Å². The minimum atomic E-state index is 0.318. The number of hydrogen-bond acceptors (Lipinski definition) is 3. The number of nitrogens with zero attached hydrogens (tertiary/aromatic N) is 3. The van der Waals surface area contributed by atoms with Gasteiger partial charge in [-0.1, -0.05) is 18.2 Å². The van der Waals surface area contributed by atoms with Gasteiger partial charge in [0, 0.05) is 44.0 Å². The Morgan fingerprint density at radius 2 is 2.05 bits per heavy atom. The maximum atomic E-state index is 6.06. The van der Waals surface area contributed by atoms with Crippen LogP contribution < -0.4 is 5.73 Å². The molecule has 1 aromatic heterocycles. The van der Waals surface area contributed by atoms with Crippen LogP contribution in [0.1, 0.15) is 39.7 Å². The molecule has 0 saturated heterocycles. The molecule has 1 aliphatic heterocycles. The molecule has 21 heavy (non-hydrogen) atoms. The third kappa shape index (κ3) is 2.28. The van der Waals surface area contributed by atoms with Gasteiger partial charge >= 0.3 is 0 Å². The van der Waals surface area contributed by atoms with Crippen LogP contribution in [0.25, 0.3) is 0 Å². The molecule has 0 amide bonds. The molecule has 3 rings (SSSR count). The summed E-state index contributed by atoms with van der Waals surface area (Å²) in [5.74, 6) is 0. The molecule has 2 aromatic rings. The number of fused-ring (bicyclic) bond motifs is 1. The Bertz CT molecular complexity index is 672. The summed E-state index contributed by atoms with van der Waals surface area (Å²) in [5, 5.41) is 4.53. The number of nitrogens with two attached hydrogens (primary N) is 1. The zero-order valence-electron chi connectivity index (χ0n) is 13.3. The first kappa shape index (κ1) is 14.3. The van der Waals surface area contributed by atoms with Crippen molar-refractivity contribution in [2.75, 3.05) is 6.54 Å². The minimum Gasteiger partial charge on any atom is -0.329 e. The van der Waals surface area contributed by atoms with E-state index >= 15 is 0 Å². The van der Waals surface area contributed by atoms with E-state index in [1.165, 1.54) is 27.9 Å². The Kier molecular flexibility index (Phi) is 3.59. The van der Waals surface area contributed by atoms with E-state index in [1.54, 1.807) is 0 Å². The van der Waals surface area contributed by atoms with Crippen molar-refractivity contribution < 1.29 is 0 Å². The van der Waals surface area contributed by atoms with Gasteiger partial charge in [0.2, 0.25) is 0 Å². The molecule has 1 aromatic carbocycles. The summed E-state index contributed by atoms with van der Waals surface area (Å²) in [4.78, 5) is 2.48. The van der Waals surface area contributed by atoms with Crippen molar-refractivity contribution in [3.05, 3.63) is 51.8 Å². The third-order valence-corrected chi connectivity index (χ3v) is 4.85. The van der Waals surface area contributed by atoms with E-state index in [9.17, 15) is 0 Å². The molecule has 0 saturated carbocycles. The van der Waals surface area contributed by atoms with Crippen molar-refractivity contribution in [2.24, 2.45) is 12.8 Å². The van der Waals surface area contributed by atoms with Crippen LogP contribution in [-0.4, -0.2) is 21.2 Å². The number of rotatable bonds is 3. The van der Waals surface area contributed by atoms with Crippen LogP contribution in [-0.2, 0) is 20.1 Å². The first-order chi connectivity index (χ1) is 10.0. The van der Waals surface area contributed by atoms with Crippen molar-refractivity contribution in [1.29, 1.82) is 0 Å². The van der Waals surface area contributed by atoms with Crippen molar-refractivity contribution in [2.45, 2.75) is 39.9 Å². The van der Waals surface area contributed by atoms with Gasteiger partial charge in [-0.15, -0.1) is 0 Å². The fourth-order valence-corrected chi connectivity index (χ4v) is 3.45. The summed E-state index contributed by atoms with van der Waals surface area (Å²) in [6, 6.07) is 6.87. The summed E-state index contributed by atoms with van der Waals surface area (Å²) in [6.07, 6.45) is 0. The van der Waals surface area contributed by atoms with E-state index in [1.807, 2.05) is 11.7 Å². The highest BCUT2D eigenvalue weighted by Gasteiger charge is 2.30. The topological polar surface area (TPSA) is 47.1 Å². The van der Waals surface area contributed by atoms with Gasteiger partial charge in [0.05, 0.1) is 5.69 Å². The number of aromatic nitrogens is 2. The lowest BCUT2D eigenvalue weighted by atomic mass is 10.0. The first-order valence-corrected chi connectivity index (χ1v) is 7.54. The fraction of sp³-hybridized carbons (Fsp3) is 0.471. The summed E-state index contributed by atoms with van der Waals surface area (Å²) in [5.41, 5.74) is 14.0. The lowest BCUT2D eigenvalue weighted by Crippen LogP contribution is -2.28. The van der Waals surface area contributed by atoms with Crippen molar-refractivity contribution in [3.63, 3.8) is 0 Å². The summed E-state index contributed by atoms with van der Waals surface area (Å²) < 4.78 is 1.97. The molecule has 1 aliphatic rings. The van der Waals surface area contributed by atoms with E-state index in [-0.39, 0.29) is 0 Å². The van der Waals surface area contributed by atoms with Crippen LogP contribution in [0.15, 0.2) is 18.2 Å². The van der Waals surface area contributed by atoms with Crippen LogP contribution in [0.2, 0.25) is 0 Å². The van der Waals surface area contributed by atoms with Crippen LogP contribution >= 0.6 is 0 Å². The number of benzene rings is 1. The minimum absolute atomic E-state index is 0.318. The summed E-state index contributed by atoms with van der Waals surface area (Å²) in [7, 11) is 2.01. The van der Waals surface area contributed by atoms with E-state index < -0.39 is 0 Å². The van der Waals surface area contributed by atoms with Gasteiger partial charge in [-0.2, -0.15) is 5.10 Å². The van der Waals surface area contributed by atoms with E-state index in [2.05, 4.69) is 49.0 Å².